The van der Waals surface area contributed by atoms with Gasteiger partial charge in [0.05, 0.1) is 19.3 Å². The van der Waals surface area contributed by atoms with E-state index < -0.39 is 0 Å². The summed E-state index contributed by atoms with van der Waals surface area (Å²) < 4.78 is 10.8. The lowest BCUT2D eigenvalue weighted by molar-refractivity contribution is -0.150. The summed E-state index contributed by atoms with van der Waals surface area (Å²) in [5.41, 5.74) is 0. The van der Waals surface area contributed by atoms with Gasteiger partial charge in [0.25, 0.3) is 0 Å². The lowest BCUT2D eigenvalue weighted by Crippen LogP contribution is -2.49. The molecule has 1 fully saturated rings. The summed E-state index contributed by atoms with van der Waals surface area (Å²) in [6.45, 7) is 7.64. The van der Waals surface area contributed by atoms with Crippen LogP contribution in [0.4, 0.5) is 0 Å². The van der Waals surface area contributed by atoms with Crippen LogP contribution < -0.4 is 5.32 Å². The van der Waals surface area contributed by atoms with Gasteiger partial charge in [0.15, 0.2) is 0 Å². The van der Waals surface area contributed by atoms with Crippen molar-refractivity contribution < 1.29 is 14.3 Å². The van der Waals surface area contributed by atoms with Crippen LogP contribution in [0.3, 0.4) is 0 Å². The van der Waals surface area contributed by atoms with Crippen molar-refractivity contribution in [1.82, 2.24) is 10.2 Å². The molecule has 0 aliphatic carbocycles. The molecule has 5 nitrogen and oxygen atoms in total. The minimum absolute atomic E-state index is 0.120. The van der Waals surface area contributed by atoms with Crippen LogP contribution in [-0.2, 0) is 14.3 Å². The number of carbonyl (C=O) groups is 1. The Balaban J connectivity index is 2.46. The Morgan fingerprint density at radius 3 is 2.89 bits per heavy atom. The molecule has 0 aromatic rings. The van der Waals surface area contributed by atoms with Crippen LogP contribution in [0.15, 0.2) is 0 Å². The molecule has 106 valence electrons. The summed E-state index contributed by atoms with van der Waals surface area (Å²) in [6.07, 6.45) is 1.96. The van der Waals surface area contributed by atoms with Crippen molar-refractivity contribution in [2.24, 2.45) is 0 Å². The summed E-state index contributed by atoms with van der Waals surface area (Å²) in [4.78, 5) is 14.0. The van der Waals surface area contributed by atoms with Crippen LogP contribution in [0.1, 0.15) is 26.7 Å². The van der Waals surface area contributed by atoms with E-state index in [1.54, 1.807) is 0 Å². The van der Waals surface area contributed by atoms with Gasteiger partial charge < -0.3 is 14.8 Å². The zero-order chi connectivity index (χ0) is 13.4. The largest absolute Gasteiger partial charge is 0.465 e. The van der Waals surface area contributed by atoms with Gasteiger partial charge in [-0.3, -0.25) is 9.69 Å². The topological polar surface area (TPSA) is 50.8 Å². The third kappa shape index (κ3) is 4.92. The van der Waals surface area contributed by atoms with Crippen LogP contribution in [0, 0.1) is 0 Å². The summed E-state index contributed by atoms with van der Waals surface area (Å²) in [7, 11) is 1.97. The highest BCUT2D eigenvalue weighted by atomic mass is 16.5. The Labute approximate surface area is 110 Å². The second-order valence-corrected chi connectivity index (χ2v) is 4.69. The molecule has 5 heteroatoms. The lowest BCUT2D eigenvalue weighted by atomic mass is 10.1. The van der Waals surface area contributed by atoms with Crippen molar-refractivity contribution in [3.63, 3.8) is 0 Å². The molecule has 1 aliphatic heterocycles. The fourth-order valence-corrected chi connectivity index (χ4v) is 2.22. The van der Waals surface area contributed by atoms with Crippen molar-refractivity contribution >= 4 is 5.97 Å². The molecule has 0 amide bonds. The second-order valence-electron chi connectivity index (χ2n) is 4.69. The van der Waals surface area contributed by atoms with E-state index in [4.69, 9.17) is 9.47 Å². The maximum Gasteiger partial charge on any atom is 0.323 e. The number of hydrogen-bond acceptors (Lipinski definition) is 5. The number of ether oxygens (including phenoxy) is 2. The van der Waals surface area contributed by atoms with E-state index in [2.05, 4.69) is 17.1 Å². The predicted molar refractivity (Wildman–Crippen MR) is 70.6 cm³/mol. The average molecular weight is 258 g/mol. The van der Waals surface area contributed by atoms with Gasteiger partial charge in [-0.1, -0.05) is 13.3 Å². The van der Waals surface area contributed by atoms with Crippen LogP contribution in [-0.4, -0.2) is 62.9 Å². The molecule has 0 radical (unpaired) electrons. The Kier molecular flexibility index (Phi) is 7.23. The molecule has 0 spiro atoms. The minimum atomic E-state index is -0.152. The number of esters is 1. The van der Waals surface area contributed by atoms with E-state index >= 15 is 0 Å². The van der Waals surface area contributed by atoms with E-state index in [0.717, 1.165) is 39.1 Å². The van der Waals surface area contributed by atoms with Gasteiger partial charge in [0.1, 0.15) is 6.04 Å². The van der Waals surface area contributed by atoms with Crippen LogP contribution >= 0.6 is 0 Å². The Morgan fingerprint density at radius 1 is 1.56 bits per heavy atom. The Hall–Kier alpha value is -0.650. The highest BCUT2D eigenvalue weighted by molar-refractivity contribution is 5.75. The number of nitrogens with one attached hydrogen (secondary N) is 1. The third-order valence-electron chi connectivity index (χ3n) is 3.15. The van der Waals surface area contributed by atoms with Crippen LogP contribution in [0.5, 0.6) is 0 Å². The van der Waals surface area contributed by atoms with Crippen LogP contribution in [0.25, 0.3) is 0 Å². The SMILES string of the molecule is CCCC(C(=O)OCC)N(C)CC1CNCCO1. The lowest BCUT2D eigenvalue weighted by Gasteiger charge is -2.31. The van der Waals surface area contributed by atoms with E-state index in [-0.39, 0.29) is 18.1 Å². The van der Waals surface area contributed by atoms with Gasteiger partial charge >= 0.3 is 5.97 Å². The van der Waals surface area contributed by atoms with Crippen molar-refractivity contribution in [2.45, 2.75) is 38.8 Å². The molecule has 0 saturated carbocycles. The van der Waals surface area contributed by atoms with E-state index in [1.807, 2.05) is 14.0 Å². The Bertz CT molecular complexity index is 242. The van der Waals surface area contributed by atoms with Crippen molar-refractivity contribution in [3.8, 4) is 0 Å². The van der Waals surface area contributed by atoms with E-state index in [9.17, 15) is 4.79 Å². The summed E-state index contributed by atoms with van der Waals surface area (Å²) >= 11 is 0. The molecule has 1 saturated heterocycles. The third-order valence-corrected chi connectivity index (χ3v) is 3.15. The summed E-state index contributed by atoms with van der Waals surface area (Å²) in [5, 5.41) is 3.30. The van der Waals surface area contributed by atoms with Crippen molar-refractivity contribution in [3.05, 3.63) is 0 Å². The fraction of sp³-hybridized carbons (Fsp3) is 0.923. The maximum atomic E-state index is 11.9. The molecular formula is C13H26N2O3. The first-order chi connectivity index (χ1) is 8.69. The first kappa shape index (κ1) is 15.4. The smallest absolute Gasteiger partial charge is 0.323 e. The number of nitrogens with zero attached hydrogens (tertiary/aromatic N) is 1. The maximum absolute atomic E-state index is 11.9. The monoisotopic (exact) mass is 258 g/mol. The highest BCUT2D eigenvalue weighted by Gasteiger charge is 2.26. The minimum Gasteiger partial charge on any atom is -0.465 e. The predicted octanol–water partition coefficient (Wildman–Crippen LogP) is 0.638. The van der Waals surface area contributed by atoms with Gasteiger partial charge in [-0.2, -0.15) is 0 Å². The van der Waals surface area contributed by atoms with Gasteiger partial charge in [-0.25, -0.2) is 0 Å². The highest BCUT2D eigenvalue weighted by Crippen LogP contribution is 2.10. The number of rotatable bonds is 7. The normalized spacial score (nSPS) is 21.9. The van der Waals surface area contributed by atoms with Gasteiger partial charge in [0, 0.05) is 19.6 Å². The number of carbonyl (C=O) groups excluding carboxylic acids is 1. The molecule has 1 aliphatic rings. The van der Waals surface area contributed by atoms with Gasteiger partial charge in [-0.15, -0.1) is 0 Å². The van der Waals surface area contributed by atoms with E-state index in [0.29, 0.717) is 6.61 Å². The fourth-order valence-electron chi connectivity index (χ4n) is 2.22. The second kappa shape index (κ2) is 8.45. The number of hydrogen-bond donors (Lipinski definition) is 1. The first-order valence-electron chi connectivity index (χ1n) is 6.88. The zero-order valence-electron chi connectivity index (χ0n) is 11.8. The standard InChI is InChI=1S/C13H26N2O3/c1-4-6-12(13(16)17-5-2)15(3)10-11-9-14-7-8-18-11/h11-12,14H,4-10H2,1-3H3. The molecule has 0 aromatic heterocycles. The summed E-state index contributed by atoms with van der Waals surface area (Å²) in [5.74, 6) is -0.120. The number of morpholine rings is 1. The van der Waals surface area contributed by atoms with E-state index in [1.165, 1.54) is 0 Å². The Morgan fingerprint density at radius 2 is 2.33 bits per heavy atom. The molecule has 0 aromatic carbocycles. The molecule has 1 N–H and O–H groups in total. The first-order valence-corrected chi connectivity index (χ1v) is 6.88. The molecule has 1 heterocycles. The molecular weight excluding hydrogens is 232 g/mol. The molecule has 0 bridgehead atoms. The average Bonchev–Trinajstić information content (AvgIpc) is 2.37. The summed E-state index contributed by atoms with van der Waals surface area (Å²) in [6, 6.07) is -0.152. The quantitative estimate of drug-likeness (QED) is 0.679. The molecule has 2 atom stereocenters. The molecule has 1 rings (SSSR count). The molecule has 2 unspecified atom stereocenters. The number of likely N-dealkylation sites (N-methyl/N-ethyl adjacent to an activating group) is 1. The van der Waals surface area contributed by atoms with Gasteiger partial charge in [0.2, 0.25) is 0 Å². The zero-order valence-corrected chi connectivity index (χ0v) is 11.8. The van der Waals surface area contributed by atoms with Gasteiger partial charge in [-0.05, 0) is 20.4 Å². The van der Waals surface area contributed by atoms with Crippen LogP contribution in [0.2, 0.25) is 0 Å². The van der Waals surface area contributed by atoms with Crippen molar-refractivity contribution in [2.75, 3.05) is 39.9 Å². The molecule has 18 heavy (non-hydrogen) atoms. The van der Waals surface area contributed by atoms with Crippen molar-refractivity contribution in [1.29, 1.82) is 0 Å².